The summed E-state index contributed by atoms with van der Waals surface area (Å²) in [6.45, 7) is 5.50. The molecule has 1 heterocycles. The smallest absolute Gasteiger partial charge is 0.370 e. The Hall–Kier alpha value is -2.59. The summed E-state index contributed by atoms with van der Waals surface area (Å²) in [5.41, 5.74) is -0.0964. The lowest BCUT2D eigenvalue weighted by molar-refractivity contribution is -0.137. The van der Waals surface area contributed by atoms with E-state index in [4.69, 9.17) is 0 Å². The van der Waals surface area contributed by atoms with Gasteiger partial charge >= 0.3 is 6.18 Å². The molecule has 0 aromatic heterocycles. The van der Waals surface area contributed by atoms with Gasteiger partial charge in [0.2, 0.25) is 10.0 Å². The molecule has 2 aromatic carbocycles. The summed E-state index contributed by atoms with van der Waals surface area (Å²) in [4.78, 5) is 14.8. The predicted molar refractivity (Wildman–Crippen MR) is 117 cm³/mol. The molecular formula is C22H26F3N3O3S. The molecule has 0 atom stereocenters. The van der Waals surface area contributed by atoms with Crippen LogP contribution in [0.4, 0.5) is 24.5 Å². The molecular weight excluding hydrogens is 443 g/mol. The van der Waals surface area contributed by atoms with Crippen LogP contribution < -0.4 is 10.2 Å². The van der Waals surface area contributed by atoms with Crippen LogP contribution in [-0.4, -0.2) is 44.8 Å². The summed E-state index contributed by atoms with van der Waals surface area (Å²) in [5.74, 6) is -0.614. The van der Waals surface area contributed by atoms with Crippen molar-refractivity contribution in [2.75, 3.05) is 36.4 Å². The molecule has 174 valence electrons. The number of halogens is 3. The molecule has 0 spiro atoms. The van der Waals surface area contributed by atoms with E-state index in [1.54, 1.807) is 13.8 Å². The van der Waals surface area contributed by atoms with Gasteiger partial charge in [0.1, 0.15) is 0 Å². The number of sulfonamides is 1. The van der Waals surface area contributed by atoms with Crippen LogP contribution in [0.5, 0.6) is 0 Å². The summed E-state index contributed by atoms with van der Waals surface area (Å²) >= 11 is 0. The Bertz CT molecular complexity index is 1060. The van der Waals surface area contributed by atoms with Crippen LogP contribution >= 0.6 is 0 Å². The lowest BCUT2D eigenvalue weighted by Crippen LogP contribution is -2.30. The number of nitrogens with one attached hydrogen (secondary N) is 1. The highest BCUT2D eigenvalue weighted by Gasteiger charge is 2.32. The molecule has 2 aromatic rings. The van der Waals surface area contributed by atoms with Crippen molar-refractivity contribution in [1.82, 2.24) is 4.31 Å². The van der Waals surface area contributed by atoms with Gasteiger partial charge in [-0.25, -0.2) is 8.42 Å². The molecule has 1 saturated heterocycles. The first-order valence-corrected chi connectivity index (χ1v) is 11.9. The van der Waals surface area contributed by atoms with Crippen LogP contribution in [0.3, 0.4) is 0 Å². The van der Waals surface area contributed by atoms with Crippen LogP contribution in [0.15, 0.2) is 47.4 Å². The van der Waals surface area contributed by atoms with E-state index in [9.17, 15) is 26.4 Å². The Balaban J connectivity index is 1.88. The van der Waals surface area contributed by atoms with Crippen molar-refractivity contribution in [2.24, 2.45) is 0 Å². The maximum absolute atomic E-state index is 13.2. The second-order valence-electron chi connectivity index (χ2n) is 7.49. The van der Waals surface area contributed by atoms with E-state index in [0.29, 0.717) is 31.9 Å². The molecule has 0 unspecified atom stereocenters. The minimum Gasteiger partial charge on any atom is -0.370 e. The topological polar surface area (TPSA) is 69.7 Å². The quantitative estimate of drug-likeness (QED) is 0.644. The maximum atomic E-state index is 13.2. The minimum atomic E-state index is -4.54. The molecule has 32 heavy (non-hydrogen) atoms. The third kappa shape index (κ3) is 5.07. The Morgan fingerprint density at radius 1 is 1.03 bits per heavy atom. The summed E-state index contributed by atoms with van der Waals surface area (Å²) < 4.78 is 66.2. The van der Waals surface area contributed by atoms with E-state index in [2.05, 4.69) is 5.32 Å². The fraction of sp³-hybridized carbons (Fsp3) is 0.409. The van der Waals surface area contributed by atoms with Crippen molar-refractivity contribution >= 4 is 27.3 Å². The number of nitrogens with zero attached hydrogens (tertiary/aromatic N) is 2. The van der Waals surface area contributed by atoms with Gasteiger partial charge in [-0.1, -0.05) is 13.8 Å². The van der Waals surface area contributed by atoms with Crippen molar-refractivity contribution in [3.63, 3.8) is 0 Å². The fourth-order valence-electron chi connectivity index (χ4n) is 3.73. The van der Waals surface area contributed by atoms with Crippen molar-refractivity contribution in [1.29, 1.82) is 0 Å². The van der Waals surface area contributed by atoms with E-state index in [1.165, 1.54) is 34.6 Å². The van der Waals surface area contributed by atoms with Gasteiger partial charge in [0.05, 0.1) is 21.8 Å². The number of rotatable bonds is 7. The third-order valence-electron chi connectivity index (χ3n) is 5.48. The van der Waals surface area contributed by atoms with Crippen molar-refractivity contribution in [3.8, 4) is 0 Å². The molecule has 3 rings (SSSR count). The van der Waals surface area contributed by atoms with Gasteiger partial charge in [0.25, 0.3) is 5.91 Å². The van der Waals surface area contributed by atoms with Crippen molar-refractivity contribution < 1.29 is 26.4 Å². The lowest BCUT2D eigenvalue weighted by atomic mass is 10.1. The molecule has 1 fully saturated rings. The van der Waals surface area contributed by atoms with Gasteiger partial charge in [-0.05, 0) is 55.3 Å². The fourth-order valence-corrected chi connectivity index (χ4v) is 5.19. The maximum Gasteiger partial charge on any atom is 0.416 e. The number of hydrogen-bond acceptors (Lipinski definition) is 4. The molecule has 10 heteroatoms. The first-order chi connectivity index (χ1) is 15.1. The molecule has 1 aliphatic heterocycles. The largest absolute Gasteiger partial charge is 0.416 e. The Morgan fingerprint density at radius 2 is 1.62 bits per heavy atom. The molecule has 1 aliphatic rings. The normalized spacial score (nSPS) is 14.8. The zero-order valence-electron chi connectivity index (χ0n) is 17.9. The molecule has 6 nitrogen and oxygen atoms in total. The van der Waals surface area contributed by atoms with Crippen molar-refractivity contribution in [2.45, 2.75) is 37.8 Å². The number of anilines is 2. The highest BCUT2D eigenvalue weighted by atomic mass is 32.2. The minimum absolute atomic E-state index is 0.0505. The highest BCUT2D eigenvalue weighted by Crippen LogP contribution is 2.36. The van der Waals surface area contributed by atoms with Crippen LogP contribution in [0.1, 0.15) is 42.6 Å². The van der Waals surface area contributed by atoms with Crippen LogP contribution in [0, 0.1) is 0 Å². The first-order valence-electron chi connectivity index (χ1n) is 10.5. The molecule has 1 N–H and O–H groups in total. The van der Waals surface area contributed by atoms with Gasteiger partial charge in [-0.3, -0.25) is 4.79 Å². The number of hydrogen-bond donors (Lipinski definition) is 1. The monoisotopic (exact) mass is 469 g/mol. The van der Waals surface area contributed by atoms with Gasteiger partial charge in [-0.2, -0.15) is 17.5 Å². The average molecular weight is 470 g/mol. The molecule has 0 aliphatic carbocycles. The van der Waals surface area contributed by atoms with Gasteiger partial charge < -0.3 is 10.2 Å². The number of carbonyl (C=O) groups excluding carboxylic acids is 1. The molecule has 0 radical (unpaired) electrons. The SMILES string of the molecule is CCN(CC)S(=O)(=O)c1ccc(C(=O)Nc2cc(C(F)(F)F)ccc2N2CCCC2)cc1. The first kappa shape index (κ1) is 24.1. The number of carbonyl (C=O) groups is 1. The highest BCUT2D eigenvalue weighted by molar-refractivity contribution is 7.89. The summed E-state index contributed by atoms with van der Waals surface area (Å²) in [7, 11) is -3.67. The number of alkyl halides is 3. The van der Waals surface area contributed by atoms with Gasteiger partial charge in [0.15, 0.2) is 0 Å². The standard InChI is InChI=1S/C22H26F3N3O3S/c1-3-28(4-2)32(30,31)18-10-7-16(8-11-18)21(29)26-19-15-17(22(23,24)25)9-12-20(19)27-13-5-6-14-27/h7-12,15H,3-6,13-14H2,1-2H3,(H,26,29). The van der Waals surface area contributed by atoms with Crippen molar-refractivity contribution in [3.05, 3.63) is 53.6 Å². The number of amides is 1. The lowest BCUT2D eigenvalue weighted by Gasteiger charge is -2.23. The van der Waals surface area contributed by atoms with E-state index < -0.39 is 27.7 Å². The van der Waals surface area contributed by atoms with Crippen LogP contribution in [-0.2, 0) is 16.2 Å². The Labute approximate surface area is 186 Å². The zero-order valence-corrected chi connectivity index (χ0v) is 18.8. The van der Waals surface area contributed by atoms with E-state index >= 15 is 0 Å². The Kier molecular flexibility index (Phi) is 7.14. The molecule has 0 bridgehead atoms. The second kappa shape index (κ2) is 9.50. The molecule has 1 amide bonds. The summed E-state index contributed by atoms with van der Waals surface area (Å²) in [5, 5.41) is 2.58. The Morgan fingerprint density at radius 3 is 2.16 bits per heavy atom. The van der Waals surface area contributed by atoms with E-state index in [1.807, 2.05) is 4.90 Å². The van der Waals surface area contributed by atoms with Crippen LogP contribution in [0.25, 0.3) is 0 Å². The summed E-state index contributed by atoms with van der Waals surface area (Å²) in [6.07, 6.45) is -2.68. The number of benzene rings is 2. The third-order valence-corrected chi connectivity index (χ3v) is 7.54. The van der Waals surface area contributed by atoms with Gasteiger partial charge in [0, 0.05) is 31.7 Å². The van der Waals surface area contributed by atoms with Gasteiger partial charge in [-0.15, -0.1) is 0 Å². The van der Waals surface area contributed by atoms with Crippen LogP contribution in [0.2, 0.25) is 0 Å². The second-order valence-corrected chi connectivity index (χ2v) is 9.43. The average Bonchev–Trinajstić information content (AvgIpc) is 3.28. The summed E-state index contributed by atoms with van der Waals surface area (Å²) in [6, 6.07) is 8.69. The van der Waals surface area contributed by atoms with E-state index in [-0.39, 0.29) is 16.1 Å². The molecule has 0 saturated carbocycles. The van der Waals surface area contributed by atoms with E-state index in [0.717, 1.165) is 25.0 Å². The zero-order chi connectivity index (χ0) is 23.5. The predicted octanol–water partition coefficient (Wildman–Crippen LogP) is 4.59.